The third-order valence-electron chi connectivity index (χ3n) is 2.53. The Balaban J connectivity index is 2.05. The fourth-order valence-electron chi connectivity index (χ4n) is 1.49. The molecular weight excluding hydrogens is 218 g/mol. The highest BCUT2D eigenvalue weighted by Gasteiger charge is 2.03. The maximum Gasteiger partial charge on any atom is 0.147 e. The fourth-order valence-corrected chi connectivity index (χ4v) is 2.48. The predicted molar refractivity (Wildman–Crippen MR) is 67.9 cm³/mol. The molecule has 0 aliphatic heterocycles. The van der Waals surface area contributed by atoms with E-state index in [0.29, 0.717) is 0 Å². The Morgan fingerprint density at radius 2 is 1.94 bits per heavy atom. The molecule has 0 aromatic carbocycles. The van der Waals surface area contributed by atoms with Crippen molar-refractivity contribution in [3.63, 3.8) is 0 Å². The molecule has 0 bridgehead atoms. The van der Waals surface area contributed by atoms with Gasteiger partial charge in [-0.15, -0.1) is 11.3 Å². The van der Waals surface area contributed by atoms with Gasteiger partial charge < -0.3 is 5.32 Å². The number of rotatable bonds is 3. The fraction of sp³-hybridized carbons (Fsp3) is 0.333. The second-order valence-corrected chi connectivity index (χ2v) is 5.14. The van der Waals surface area contributed by atoms with Crippen molar-refractivity contribution in [1.29, 1.82) is 0 Å². The van der Waals surface area contributed by atoms with Gasteiger partial charge in [-0.25, -0.2) is 4.98 Å². The van der Waals surface area contributed by atoms with Gasteiger partial charge in [0.15, 0.2) is 0 Å². The van der Waals surface area contributed by atoms with Crippen LogP contribution < -0.4 is 5.32 Å². The lowest BCUT2D eigenvalue weighted by Gasteiger charge is -2.05. The SMILES string of the molecule is Cc1cc(CNc2nccnc2C)sc1C. The largest absolute Gasteiger partial charge is 0.364 e. The summed E-state index contributed by atoms with van der Waals surface area (Å²) in [6.07, 6.45) is 3.42. The van der Waals surface area contributed by atoms with Crippen LogP contribution in [0.15, 0.2) is 18.5 Å². The first kappa shape index (κ1) is 11.1. The maximum atomic E-state index is 4.25. The number of anilines is 1. The summed E-state index contributed by atoms with van der Waals surface area (Å²) >= 11 is 1.83. The topological polar surface area (TPSA) is 37.8 Å². The van der Waals surface area contributed by atoms with Gasteiger partial charge in [-0.2, -0.15) is 0 Å². The minimum absolute atomic E-state index is 0.818. The average Bonchev–Trinajstić information content (AvgIpc) is 2.57. The Morgan fingerprint density at radius 3 is 2.56 bits per heavy atom. The number of nitrogens with zero attached hydrogens (tertiary/aromatic N) is 2. The second kappa shape index (κ2) is 4.61. The number of hydrogen-bond donors (Lipinski definition) is 1. The molecule has 1 N–H and O–H groups in total. The van der Waals surface area contributed by atoms with E-state index in [9.17, 15) is 0 Å². The molecule has 3 nitrogen and oxygen atoms in total. The number of aryl methyl sites for hydroxylation is 3. The molecule has 2 aromatic heterocycles. The quantitative estimate of drug-likeness (QED) is 0.885. The molecule has 0 spiro atoms. The first-order chi connectivity index (χ1) is 7.66. The Labute approximate surface area is 99.6 Å². The molecule has 4 heteroatoms. The zero-order chi connectivity index (χ0) is 11.5. The third-order valence-corrected chi connectivity index (χ3v) is 3.68. The summed E-state index contributed by atoms with van der Waals surface area (Å²) in [6, 6.07) is 2.22. The standard InChI is InChI=1S/C12H15N3S/c1-8-6-11(16-10(8)3)7-15-12-9(2)13-4-5-14-12/h4-6H,7H2,1-3H3,(H,14,15). The van der Waals surface area contributed by atoms with E-state index in [1.165, 1.54) is 15.3 Å². The van der Waals surface area contributed by atoms with E-state index >= 15 is 0 Å². The monoisotopic (exact) mass is 233 g/mol. The van der Waals surface area contributed by atoms with Gasteiger partial charge in [0.1, 0.15) is 5.82 Å². The van der Waals surface area contributed by atoms with Crippen molar-refractivity contribution >= 4 is 17.2 Å². The van der Waals surface area contributed by atoms with Crippen molar-refractivity contribution < 1.29 is 0 Å². The van der Waals surface area contributed by atoms with Gasteiger partial charge in [0.05, 0.1) is 12.2 Å². The zero-order valence-corrected chi connectivity index (χ0v) is 10.6. The van der Waals surface area contributed by atoms with E-state index in [4.69, 9.17) is 0 Å². The molecule has 0 saturated carbocycles. The van der Waals surface area contributed by atoms with Crippen LogP contribution in [-0.4, -0.2) is 9.97 Å². The summed E-state index contributed by atoms with van der Waals surface area (Å²) in [5.41, 5.74) is 2.30. The van der Waals surface area contributed by atoms with Crippen molar-refractivity contribution in [2.45, 2.75) is 27.3 Å². The van der Waals surface area contributed by atoms with E-state index in [1.54, 1.807) is 12.4 Å². The number of aromatic nitrogens is 2. The van der Waals surface area contributed by atoms with Crippen molar-refractivity contribution in [3.05, 3.63) is 39.5 Å². The molecule has 16 heavy (non-hydrogen) atoms. The zero-order valence-electron chi connectivity index (χ0n) is 9.74. The van der Waals surface area contributed by atoms with Gasteiger partial charge in [-0.3, -0.25) is 4.98 Å². The van der Waals surface area contributed by atoms with Crippen LogP contribution in [0, 0.1) is 20.8 Å². The molecule has 0 amide bonds. The average molecular weight is 233 g/mol. The van der Waals surface area contributed by atoms with E-state index in [2.05, 4.69) is 35.2 Å². The number of nitrogens with one attached hydrogen (secondary N) is 1. The molecule has 0 fully saturated rings. The van der Waals surface area contributed by atoms with Gasteiger partial charge in [-0.1, -0.05) is 0 Å². The van der Waals surface area contributed by atoms with Gasteiger partial charge in [0, 0.05) is 22.1 Å². The summed E-state index contributed by atoms with van der Waals surface area (Å²) in [4.78, 5) is 11.2. The van der Waals surface area contributed by atoms with Crippen LogP contribution in [0.5, 0.6) is 0 Å². The molecule has 84 valence electrons. The Kier molecular flexibility index (Phi) is 3.19. The van der Waals surface area contributed by atoms with Gasteiger partial charge >= 0.3 is 0 Å². The van der Waals surface area contributed by atoms with E-state index in [0.717, 1.165) is 18.1 Å². The highest BCUT2D eigenvalue weighted by atomic mass is 32.1. The second-order valence-electron chi connectivity index (χ2n) is 3.80. The third kappa shape index (κ3) is 2.39. The van der Waals surface area contributed by atoms with Crippen LogP contribution in [0.2, 0.25) is 0 Å². The van der Waals surface area contributed by atoms with Crippen molar-refractivity contribution in [1.82, 2.24) is 9.97 Å². The minimum atomic E-state index is 0.818. The minimum Gasteiger partial charge on any atom is -0.364 e. The summed E-state index contributed by atoms with van der Waals surface area (Å²) in [7, 11) is 0. The summed E-state index contributed by atoms with van der Waals surface area (Å²) in [5.74, 6) is 0.867. The highest BCUT2D eigenvalue weighted by Crippen LogP contribution is 2.21. The highest BCUT2D eigenvalue weighted by molar-refractivity contribution is 7.12. The smallest absolute Gasteiger partial charge is 0.147 e. The van der Waals surface area contributed by atoms with Crippen LogP contribution in [-0.2, 0) is 6.54 Å². The first-order valence-electron chi connectivity index (χ1n) is 5.24. The van der Waals surface area contributed by atoms with E-state index < -0.39 is 0 Å². The van der Waals surface area contributed by atoms with Gasteiger partial charge in [-0.05, 0) is 32.4 Å². The molecule has 0 saturated heterocycles. The maximum absolute atomic E-state index is 4.25. The predicted octanol–water partition coefficient (Wildman–Crippen LogP) is 3.08. The van der Waals surface area contributed by atoms with E-state index in [-0.39, 0.29) is 0 Å². The Hall–Kier alpha value is -1.42. The summed E-state index contributed by atoms with van der Waals surface area (Å²) < 4.78 is 0. The molecule has 0 atom stereocenters. The van der Waals surface area contributed by atoms with Crippen molar-refractivity contribution in [3.8, 4) is 0 Å². The molecule has 0 unspecified atom stereocenters. The normalized spacial score (nSPS) is 10.4. The molecule has 2 rings (SSSR count). The van der Waals surface area contributed by atoms with Crippen LogP contribution >= 0.6 is 11.3 Å². The van der Waals surface area contributed by atoms with Crippen molar-refractivity contribution in [2.75, 3.05) is 5.32 Å². The lowest BCUT2D eigenvalue weighted by Crippen LogP contribution is -2.02. The lowest BCUT2D eigenvalue weighted by atomic mass is 10.3. The molecule has 2 heterocycles. The number of hydrogen-bond acceptors (Lipinski definition) is 4. The van der Waals surface area contributed by atoms with Crippen LogP contribution in [0.1, 0.15) is 21.0 Å². The Morgan fingerprint density at radius 1 is 1.19 bits per heavy atom. The molecule has 2 aromatic rings. The number of thiophene rings is 1. The van der Waals surface area contributed by atoms with Crippen LogP contribution in [0.3, 0.4) is 0 Å². The summed E-state index contributed by atoms with van der Waals surface area (Å²) in [6.45, 7) is 7.07. The lowest BCUT2D eigenvalue weighted by molar-refractivity contribution is 1.06. The van der Waals surface area contributed by atoms with Gasteiger partial charge in [0.25, 0.3) is 0 Å². The van der Waals surface area contributed by atoms with E-state index in [1.807, 2.05) is 18.3 Å². The van der Waals surface area contributed by atoms with Crippen LogP contribution in [0.25, 0.3) is 0 Å². The summed E-state index contributed by atoms with van der Waals surface area (Å²) in [5, 5.41) is 3.31. The molecule has 0 aliphatic carbocycles. The molecule has 0 radical (unpaired) electrons. The van der Waals surface area contributed by atoms with Gasteiger partial charge in [0.2, 0.25) is 0 Å². The molecule has 0 aliphatic rings. The first-order valence-corrected chi connectivity index (χ1v) is 6.06. The van der Waals surface area contributed by atoms with Crippen LogP contribution in [0.4, 0.5) is 5.82 Å². The molecular formula is C12H15N3S. The van der Waals surface area contributed by atoms with Crippen molar-refractivity contribution in [2.24, 2.45) is 0 Å². The Bertz CT molecular complexity index is 471.